The lowest BCUT2D eigenvalue weighted by Gasteiger charge is -2.40. The van der Waals surface area contributed by atoms with E-state index < -0.39 is 11.1 Å². The molecule has 6 heteroatoms. The van der Waals surface area contributed by atoms with E-state index in [1.54, 1.807) is 4.90 Å². The summed E-state index contributed by atoms with van der Waals surface area (Å²) < 4.78 is 10.2. The number of amides is 1. The Labute approximate surface area is 126 Å². The number of carbonyl (C=O) groups excluding carboxylic acids is 2. The van der Waals surface area contributed by atoms with Gasteiger partial charge in [0.15, 0.2) is 0 Å². The van der Waals surface area contributed by atoms with E-state index in [0.29, 0.717) is 32.4 Å². The zero-order valence-electron chi connectivity index (χ0n) is 13.8. The highest BCUT2D eigenvalue weighted by Crippen LogP contribution is 2.30. The lowest BCUT2D eigenvalue weighted by atomic mass is 9.76. The summed E-state index contributed by atoms with van der Waals surface area (Å²) in [6.07, 6.45) is 1.58. The minimum Gasteiger partial charge on any atom is -0.468 e. The van der Waals surface area contributed by atoms with Crippen molar-refractivity contribution in [2.75, 3.05) is 20.2 Å². The number of nitrogens with zero attached hydrogens (tertiary/aromatic N) is 1. The lowest BCUT2D eigenvalue weighted by molar-refractivity contribution is -0.150. The fraction of sp³-hybridized carbons (Fsp3) is 0.867. The van der Waals surface area contributed by atoms with Crippen LogP contribution in [-0.2, 0) is 14.3 Å². The topological polar surface area (TPSA) is 81.9 Å². The Bertz CT molecular complexity index is 384. The summed E-state index contributed by atoms with van der Waals surface area (Å²) in [5.41, 5.74) is 4.78. The molecule has 1 rings (SSSR count). The second kappa shape index (κ2) is 6.64. The molecule has 0 radical (unpaired) electrons. The third-order valence-corrected chi connectivity index (χ3v) is 4.03. The van der Waals surface area contributed by atoms with Crippen LogP contribution in [0.5, 0.6) is 0 Å². The van der Waals surface area contributed by atoms with E-state index in [-0.39, 0.29) is 18.0 Å². The van der Waals surface area contributed by atoms with Gasteiger partial charge in [-0.15, -0.1) is 0 Å². The Morgan fingerprint density at radius 1 is 1.24 bits per heavy atom. The van der Waals surface area contributed by atoms with Crippen molar-refractivity contribution in [3.8, 4) is 0 Å². The van der Waals surface area contributed by atoms with E-state index in [1.807, 2.05) is 27.7 Å². The predicted molar refractivity (Wildman–Crippen MR) is 79.8 cm³/mol. The van der Waals surface area contributed by atoms with E-state index >= 15 is 0 Å². The first kappa shape index (κ1) is 17.8. The van der Waals surface area contributed by atoms with Gasteiger partial charge >= 0.3 is 12.1 Å². The molecule has 1 aliphatic rings. The normalized spacial score (nSPS) is 19.8. The van der Waals surface area contributed by atoms with Crippen LogP contribution in [0.2, 0.25) is 0 Å². The van der Waals surface area contributed by atoms with Gasteiger partial charge in [0.2, 0.25) is 0 Å². The highest BCUT2D eigenvalue weighted by molar-refractivity contribution is 5.81. The number of carbonyl (C=O) groups is 2. The predicted octanol–water partition coefficient (Wildman–Crippen LogP) is 1.91. The maximum atomic E-state index is 12.0. The third kappa shape index (κ3) is 4.33. The number of nitrogens with two attached hydrogens (primary N) is 1. The van der Waals surface area contributed by atoms with Crippen molar-refractivity contribution < 1.29 is 19.1 Å². The van der Waals surface area contributed by atoms with Crippen molar-refractivity contribution in [1.29, 1.82) is 0 Å². The number of rotatable bonds is 3. The van der Waals surface area contributed by atoms with Crippen LogP contribution >= 0.6 is 0 Å². The van der Waals surface area contributed by atoms with E-state index in [9.17, 15) is 9.59 Å². The number of esters is 1. The van der Waals surface area contributed by atoms with Gasteiger partial charge < -0.3 is 20.1 Å². The molecule has 0 aromatic heterocycles. The Morgan fingerprint density at radius 3 is 2.14 bits per heavy atom. The van der Waals surface area contributed by atoms with Crippen molar-refractivity contribution in [3.63, 3.8) is 0 Å². The molecule has 0 spiro atoms. The molecule has 1 aliphatic heterocycles. The molecule has 0 aromatic rings. The number of piperidine rings is 1. The summed E-state index contributed by atoms with van der Waals surface area (Å²) in [6, 6.07) is 0. The van der Waals surface area contributed by atoms with Gasteiger partial charge in [-0.05, 0) is 46.0 Å². The molecule has 1 amide bonds. The van der Waals surface area contributed by atoms with Crippen molar-refractivity contribution in [2.24, 2.45) is 11.7 Å². The van der Waals surface area contributed by atoms with E-state index in [0.717, 1.165) is 0 Å². The van der Waals surface area contributed by atoms with Crippen LogP contribution in [0.1, 0.15) is 47.0 Å². The Balaban J connectivity index is 2.63. The molecular formula is C15H28N2O4. The smallest absolute Gasteiger partial charge is 0.410 e. The van der Waals surface area contributed by atoms with Gasteiger partial charge in [-0.1, -0.05) is 6.92 Å². The summed E-state index contributed by atoms with van der Waals surface area (Å²) in [4.78, 5) is 25.6. The largest absolute Gasteiger partial charge is 0.468 e. The molecule has 21 heavy (non-hydrogen) atoms. The van der Waals surface area contributed by atoms with E-state index in [1.165, 1.54) is 7.11 Å². The zero-order valence-corrected chi connectivity index (χ0v) is 13.8. The van der Waals surface area contributed by atoms with Gasteiger partial charge in [-0.3, -0.25) is 4.79 Å². The average molecular weight is 300 g/mol. The second-order valence-electron chi connectivity index (χ2n) is 6.63. The molecule has 122 valence electrons. The molecule has 0 aliphatic carbocycles. The molecule has 0 bridgehead atoms. The van der Waals surface area contributed by atoms with Crippen LogP contribution in [0.3, 0.4) is 0 Å². The first-order valence-electron chi connectivity index (χ1n) is 7.49. The molecule has 0 aromatic carbocycles. The van der Waals surface area contributed by atoms with Crippen LogP contribution in [-0.4, -0.2) is 48.3 Å². The monoisotopic (exact) mass is 300 g/mol. The summed E-state index contributed by atoms with van der Waals surface area (Å²) in [7, 11) is 1.36. The van der Waals surface area contributed by atoms with Crippen LogP contribution in [0.25, 0.3) is 0 Å². The molecule has 1 unspecified atom stereocenters. The Kier molecular flexibility index (Phi) is 5.61. The number of hydrogen-bond donors (Lipinski definition) is 1. The highest BCUT2D eigenvalue weighted by atomic mass is 16.6. The van der Waals surface area contributed by atoms with Crippen molar-refractivity contribution in [1.82, 2.24) is 4.90 Å². The van der Waals surface area contributed by atoms with Gasteiger partial charge in [0.05, 0.1) is 7.11 Å². The summed E-state index contributed by atoms with van der Waals surface area (Å²) in [6.45, 7) is 8.52. The number of likely N-dealkylation sites (tertiary alicyclic amines) is 1. The molecule has 1 heterocycles. The minimum atomic E-state index is -0.964. The van der Waals surface area contributed by atoms with Crippen molar-refractivity contribution in [2.45, 2.75) is 58.1 Å². The zero-order chi connectivity index (χ0) is 16.3. The third-order valence-electron chi connectivity index (χ3n) is 4.03. The van der Waals surface area contributed by atoms with Gasteiger partial charge in [0.25, 0.3) is 0 Å². The van der Waals surface area contributed by atoms with Gasteiger partial charge in [-0.25, -0.2) is 4.79 Å². The SMILES string of the molecule is CCC(N)(C(=O)OC)C1CCN(C(=O)OC(C)(C)C)CC1. The standard InChI is InChI=1S/C15H28N2O4/c1-6-15(16,12(18)20-5)11-7-9-17(10-8-11)13(19)21-14(2,3)4/h11H,6-10,16H2,1-5H3. The maximum absolute atomic E-state index is 12.0. The second-order valence-corrected chi connectivity index (χ2v) is 6.63. The van der Waals surface area contributed by atoms with Gasteiger partial charge in [-0.2, -0.15) is 0 Å². The average Bonchev–Trinajstić information content (AvgIpc) is 2.43. The molecule has 1 atom stereocenters. The molecule has 1 fully saturated rings. The highest BCUT2D eigenvalue weighted by Gasteiger charge is 2.43. The molecule has 2 N–H and O–H groups in total. The van der Waals surface area contributed by atoms with Crippen molar-refractivity contribution >= 4 is 12.1 Å². The van der Waals surface area contributed by atoms with Crippen LogP contribution in [0, 0.1) is 5.92 Å². The van der Waals surface area contributed by atoms with Crippen LogP contribution in [0.15, 0.2) is 0 Å². The lowest BCUT2D eigenvalue weighted by Crippen LogP contribution is -2.57. The molecule has 0 saturated carbocycles. The number of hydrogen-bond acceptors (Lipinski definition) is 5. The summed E-state index contributed by atoms with van der Waals surface area (Å²) >= 11 is 0. The number of methoxy groups -OCH3 is 1. The Hall–Kier alpha value is -1.30. The molecule has 1 saturated heterocycles. The quantitative estimate of drug-likeness (QED) is 0.805. The fourth-order valence-electron chi connectivity index (χ4n) is 2.69. The Morgan fingerprint density at radius 2 is 1.76 bits per heavy atom. The first-order valence-corrected chi connectivity index (χ1v) is 7.49. The first-order chi connectivity index (χ1) is 9.64. The fourth-order valence-corrected chi connectivity index (χ4v) is 2.69. The molecule has 6 nitrogen and oxygen atoms in total. The minimum absolute atomic E-state index is 0.0219. The molecular weight excluding hydrogens is 272 g/mol. The maximum Gasteiger partial charge on any atom is 0.410 e. The van der Waals surface area contributed by atoms with E-state index in [2.05, 4.69) is 0 Å². The van der Waals surface area contributed by atoms with E-state index in [4.69, 9.17) is 15.2 Å². The summed E-state index contributed by atoms with van der Waals surface area (Å²) in [5.74, 6) is -0.352. The van der Waals surface area contributed by atoms with Crippen molar-refractivity contribution in [3.05, 3.63) is 0 Å². The number of ether oxygens (including phenoxy) is 2. The van der Waals surface area contributed by atoms with Crippen LogP contribution in [0.4, 0.5) is 4.79 Å². The van der Waals surface area contributed by atoms with Gasteiger partial charge in [0.1, 0.15) is 11.1 Å². The van der Waals surface area contributed by atoms with Crippen LogP contribution < -0.4 is 5.73 Å². The summed E-state index contributed by atoms with van der Waals surface area (Å²) in [5, 5.41) is 0. The van der Waals surface area contributed by atoms with Gasteiger partial charge in [0, 0.05) is 13.1 Å².